The Bertz CT molecular complexity index is 776. The summed E-state index contributed by atoms with van der Waals surface area (Å²) in [5.74, 6) is 1.22. The Morgan fingerprint density at radius 2 is 1.68 bits per heavy atom. The van der Waals surface area contributed by atoms with Crippen LogP contribution in [-0.4, -0.2) is 13.1 Å². The highest BCUT2D eigenvalue weighted by atomic mass is 79.9. The molecular formula is C21H21BrO3. The van der Waals surface area contributed by atoms with Gasteiger partial charge < -0.3 is 9.47 Å². The minimum atomic E-state index is -0.201. The Morgan fingerprint density at radius 3 is 2.24 bits per heavy atom. The molecule has 25 heavy (non-hydrogen) atoms. The molecule has 0 bridgehead atoms. The highest BCUT2D eigenvalue weighted by Gasteiger charge is 2.37. The normalized spacial score (nSPS) is 20.2. The largest absolute Gasteiger partial charge is 0.497 e. The first kappa shape index (κ1) is 17.7. The number of halogens is 1. The molecule has 0 saturated carbocycles. The number of allylic oxidation sites excluding steroid dienone is 1. The zero-order valence-electron chi connectivity index (χ0n) is 14.5. The molecule has 0 aromatic heterocycles. The highest BCUT2D eigenvalue weighted by molar-refractivity contribution is 9.10. The van der Waals surface area contributed by atoms with Crippen molar-refractivity contribution in [1.29, 1.82) is 0 Å². The van der Waals surface area contributed by atoms with Crippen LogP contribution >= 0.6 is 15.9 Å². The second-order valence-electron chi connectivity index (χ2n) is 6.53. The van der Waals surface area contributed by atoms with Crippen LogP contribution in [0, 0.1) is 11.8 Å². The minimum Gasteiger partial charge on any atom is -0.497 e. The predicted molar refractivity (Wildman–Crippen MR) is 102 cm³/mol. The third-order valence-corrected chi connectivity index (χ3v) is 5.08. The maximum absolute atomic E-state index is 12.7. The van der Waals surface area contributed by atoms with Gasteiger partial charge in [0.25, 0.3) is 0 Å². The number of hydrogen-bond donors (Lipinski definition) is 0. The van der Waals surface area contributed by atoms with Crippen LogP contribution in [0.1, 0.15) is 30.9 Å². The van der Waals surface area contributed by atoms with Gasteiger partial charge in [-0.15, -0.1) is 0 Å². The molecule has 2 aromatic rings. The second-order valence-corrected chi connectivity index (χ2v) is 7.44. The highest BCUT2D eigenvalue weighted by Crippen LogP contribution is 2.40. The first-order valence-electron chi connectivity index (χ1n) is 8.33. The predicted octanol–water partition coefficient (Wildman–Crippen LogP) is 5.41. The second kappa shape index (κ2) is 7.44. The van der Waals surface area contributed by atoms with Crippen molar-refractivity contribution < 1.29 is 14.3 Å². The number of cyclic esters (lactones) is 1. The molecule has 0 saturated heterocycles. The molecule has 4 heteroatoms. The summed E-state index contributed by atoms with van der Waals surface area (Å²) in [7, 11) is 1.65. The Morgan fingerprint density at radius 1 is 1.04 bits per heavy atom. The van der Waals surface area contributed by atoms with E-state index in [1.165, 1.54) is 0 Å². The molecule has 0 N–H and O–H groups in total. The number of carbonyl (C=O) groups excluding carboxylic acids is 1. The summed E-state index contributed by atoms with van der Waals surface area (Å²) in [6.07, 6.45) is 2.07. The number of hydrogen-bond acceptors (Lipinski definition) is 3. The van der Waals surface area contributed by atoms with Gasteiger partial charge in [-0.1, -0.05) is 54.0 Å². The minimum absolute atomic E-state index is 0.0224. The van der Waals surface area contributed by atoms with E-state index in [9.17, 15) is 4.79 Å². The van der Waals surface area contributed by atoms with E-state index in [2.05, 4.69) is 35.9 Å². The van der Waals surface area contributed by atoms with Crippen LogP contribution in [0.25, 0.3) is 5.76 Å². The van der Waals surface area contributed by atoms with Gasteiger partial charge in [-0.2, -0.15) is 0 Å². The SMILES string of the molecule is COc1ccc([C@H]2C=C(c3ccc(Br)cc3)OC(=O)[C@@H]2C(C)C)cc1. The fraction of sp³-hybridized carbons (Fsp3) is 0.286. The van der Waals surface area contributed by atoms with Gasteiger partial charge in [-0.25, -0.2) is 0 Å². The van der Waals surface area contributed by atoms with Crippen LogP contribution in [0.5, 0.6) is 5.75 Å². The Kier molecular flexibility index (Phi) is 5.28. The van der Waals surface area contributed by atoms with Crippen LogP contribution in [0.3, 0.4) is 0 Å². The van der Waals surface area contributed by atoms with Gasteiger partial charge in [-0.05, 0) is 41.8 Å². The lowest BCUT2D eigenvalue weighted by Crippen LogP contribution is -2.31. The van der Waals surface area contributed by atoms with Crippen molar-refractivity contribution in [2.24, 2.45) is 11.8 Å². The van der Waals surface area contributed by atoms with Crippen LogP contribution in [0.4, 0.5) is 0 Å². The van der Waals surface area contributed by atoms with Gasteiger partial charge >= 0.3 is 5.97 Å². The van der Waals surface area contributed by atoms with Crippen LogP contribution < -0.4 is 4.74 Å². The number of carbonyl (C=O) groups is 1. The average Bonchev–Trinajstić information content (AvgIpc) is 2.61. The standard InChI is InChI=1S/C21H21BrO3/c1-13(2)20-18(14-6-10-17(24-3)11-7-14)12-19(25-21(20)23)15-4-8-16(22)9-5-15/h4-13,18,20H,1-3H3/t18-,20-/m1/s1. The quantitative estimate of drug-likeness (QED) is 0.643. The molecule has 0 radical (unpaired) electrons. The van der Waals surface area contributed by atoms with Gasteiger partial charge in [0.2, 0.25) is 0 Å². The molecule has 0 unspecified atom stereocenters. The maximum Gasteiger partial charge on any atom is 0.315 e. The topological polar surface area (TPSA) is 35.5 Å². The molecule has 0 spiro atoms. The van der Waals surface area contributed by atoms with Gasteiger partial charge in [-0.3, -0.25) is 4.79 Å². The van der Waals surface area contributed by atoms with Crippen molar-refractivity contribution in [2.75, 3.05) is 7.11 Å². The number of rotatable bonds is 4. The van der Waals surface area contributed by atoms with E-state index in [0.29, 0.717) is 5.76 Å². The van der Waals surface area contributed by atoms with E-state index in [1.807, 2.05) is 48.5 Å². The maximum atomic E-state index is 12.7. The van der Waals surface area contributed by atoms with E-state index in [0.717, 1.165) is 21.3 Å². The first-order valence-corrected chi connectivity index (χ1v) is 9.12. The van der Waals surface area contributed by atoms with Gasteiger partial charge in [0, 0.05) is 16.0 Å². The fourth-order valence-corrected chi connectivity index (χ4v) is 3.47. The van der Waals surface area contributed by atoms with Gasteiger partial charge in [0.1, 0.15) is 11.5 Å². The van der Waals surface area contributed by atoms with E-state index >= 15 is 0 Å². The molecule has 0 aliphatic carbocycles. The molecule has 1 heterocycles. The first-order chi connectivity index (χ1) is 12.0. The fourth-order valence-electron chi connectivity index (χ4n) is 3.21. The lowest BCUT2D eigenvalue weighted by Gasteiger charge is -2.31. The molecule has 2 aromatic carbocycles. The lowest BCUT2D eigenvalue weighted by atomic mass is 9.77. The Hall–Kier alpha value is -2.07. The summed E-state index contributed by atoms with van der Waals surface area (Å²) in [5, 5.41) is 0. The van der Waals surface area contributed by atoms with Crippen molar-refractivity contribution in [1.82, 2.24) is 0 Å². The number of esters is 1. The summed E-state index contributed by atoms with van der Waals surface area (Å²) in [4.78, 5) is 12.7. The molecule has 1 aliphatic rings. The number of methoxy groups -OCH3 is 1. The third-order valence-electron chi connectivity index (χ3n) is 4.55. The number of benzene rings is 2. The number of ether oxygens (including phenoxy) is 2. The summed E-state index contributed by atoms with van der Waals surface area (Å²) in [6, 6.07) is 15.7. The van der Waals surface area contributed by atoms with E-state index in [1.54, 1.807) is 7.11 Å². The van der Waals surface area contributed by atoms with Crippen molar-refractivity contribution in [2.45, 2.75) is 19.8 Å². The van der Waals surface area contributed by atoms with Crippen molar-refractivity contribution in [3.05, 3.63) is 70.2 Å². The molecule has 0 fully saturated rings. The van der Waals surface area contributed by atoms with Gasteiger partial charge in [0.15, 0.2) is 0 Å². The summed E-state index contributed by atoms with van der Waals surface area (Å²) in [6.45, 7) is 4.11. The van der Waals surface area contributed by atoms with Crippen molar-refractivity contribution in [3.8, 4) is 5.75 Å². The Labute approximate surface area is 156 Å². The van der Waals surface area contributed by atoms with Crippen molar-refractivity contribution >= 4 is 27.7 Å². The van der Waals surface area contributed by atoms with Gasteiger partial charge in [0.05, 0.1) is 13.0 Å². The van der Waals surface area contributed by atoms with Crippen LogP contribution in [0.2, 0.25) is 0 Å². The molecule has 1 aliphatic heterocycles. The third kappa shape index (κ3) is 3.79. The smallest absolute Gasteiger partial charge is 0.315 e. The Balaban J connectivity index is 2.03. The summed E-state index contributed by atoms with van der Waals surface area (Å²) in [5.41, 5.74) is 1.99. The molecule has 130 valence electrons. The molecular weight excluding hydrogens is 380 g/mol. The zero-order valence-corrected chi connectivity index (χ0v) is 16.1. The van der Waals surface area contributed by atoms with E-state index < -0.39 is 0 Å². The monoisotopic (exact) mass is 400 g/mol. The van der Waals surface area contributed by atoms with Crippen LogP contribution in [-0.2, 0) is 9.53 Å². The lowest BCUT2D eigenvalue weighted by molar-refractivity contribution is -0.144. The summed E-state index contributed by atoms with van der Waals surface area (Å²) >= 11 is 3.43. The van der Waals surface area contributed by atoms with Crippen molar-refractivity contribution in [3.63, 3.8) is 0 Å². The van der Waals surface area contributed by atoms with E-state index in [4.69, 9.17) is 9.47 Å². The molecule has 3 nitrogen and oxygen atoms in total. The summed E-state index contributed by atoms with van der Waals surface area (Å²) < 4.78 is 11.9. The molecule has 3 rings (SSSR count). The zero-order chi connectivity index (χ0) is 18.0. The molecule has 0 amide bonds. The average molecular weight is 401 g/mol. The van der Waals surface area contributed by atoms with E-state index in [-0.39, 0.29) is 23.7 Å². The van der Waals surface area contributed by atoms with Crippen LogP contribution in [0.15, 0.2) is 59.1 Å². The molecule has 2 atom stereocenters.